The molecule has 1 unspecified atom stereocenters. The molecule has 0 spiro atoms. The molecular weight excluding hydrogens is 273 g/mol. The first-order valence-electron chi connectivity index (χ1n) is 8.71. The van der Waals surface area contributed by atoms with Crippen molar-refractivity contribution in [3.05, 3.63) is 35.2 Å². The summed E-state index contributed by atoms with van der Waals surface area (Å²) in [5.41, 5.74) is 1.33. The van der Waals surface area contributed by atoms with Crippen molar-refractivity contribution in [3.8, 4) is 6.07 Å². The lowest BCUT2D eigenvalue weighted by Gasteiger charge is -2.20. The van der Waals surface area contributed by atoms with Crippen LogP contribution in [0.2, 0.25) is 0 Å². The van der Waals surface area contributed by atoms with Crippen molar-refractivity contribution in [2.24, 2.45) is 17.8 Å². The lowest BCUT2D eigenvalue weighted by Crippen LogP contribution is -2.07. The Morgan fingerprint density at radius 2 is 2.05 bits per heavy atom. The van der Waals surface area contributed by atoms with Crippen LogP contribution >= 0.6 is 0 Å². The summed E-state index contributed by atoms with van der Waals surface area (Å²) in [5, 5.41) is 9.16. The summed E-state index contributed by atoms with van der Waals surface area (Å²) in [6, 6.07) is 2.04. The number of nitrogens with zero attached hydrogens (tertiary/aromatic N) is 1. The van der Waals surface area contributed by atoms with Gasteiger partial charge in [0.2, 0.25) is 0 Å². The maximum atomic E-state index is 14.4. The van der Waals surface area contributed by atoms with Gasteiger partial charge in [-0.05, 0) is 48.7 Å². The molecule has 0 aromatic carbocycles. The summed E-state index contributed by atoms with van der Waals surface area (Å²) < 4.78 is 14.4. The fourth-order valence-corrected chi connectivity index (χ4v) is 3.18. The van der Waals surface area contributed by atoms with E-state index in [0.717, 1.165) is 30.8 Å². The minimum absolute atomic E-state index is 0.0382. The smallest absolute Gasteiger partial charge is 0.137 e. The van der Waals surface area contributed by atoms with Crippen molar-refractivity contribution in [1.29, 1.82) is 5.26 Å². The molecule has 0 aromatic rings. The molecule has 0 bridgehead atoms. The van der Waals surface area contributed by atoms with Crippen LogP contribution in [-0.4, -0.2) is 0 Å². The van der Waals surface area contributed by atoms with Gasteiger partial charge < -0.3 is 0 Å². The Hall–Kier alpha value is -1.36. The van der Waals surface area contributed by atoms with Gasteiger partial charge in [0.15, 0.2) is 0 Å². The molecule has 0 amide bonds. The van der Waals surface area contributed by atoms with Crippen LogP contribution in [0.3, 0.4) is 0 Å². The number of hydrogen-bond acceptors (Lipinski definition) is 1. The molecule has 1 aliphatic carbocycles. The zero-order valence-electron chi connectivity index (χ0n) is 14.5. The third kappa shape index (κ3) is 5.44. The Kier molecular flexibility index (Phi) is 8.17. The van der Waals surface area contributed by atoms with Crippen LogP contribution in [0.15, 0.2) is 35.2 Å². The molecule has 22 heavy (non-hydrogen) atoms. The lowest BCUT2D eigenvalue weighted by molar-refractivity contribution is 0.417. The van der Waals surface area contributed by atoms with Crippen LogP contribution in [0.4, 0.5) is 4.39 Å². The SMILES string of the molecule is CCC[C@H](C)CC[C@H](CC)C1=C/C(F)=C(/C#N)C(C)CC=C1. The van der Waals surface area contributed by atoms with E-state index in [1.54, 1.807) is 6.08 Å². The van der Waals surface area contributed by atoms with E-state index in [-0.39, 0.29) is 17.3 Å². The third-order valence-electron chi connectivity index (χ3n) is 4.72. The molecule has 1 aliphatic rings. The van der Waals surface area contributed by atoms with Crippen molar-refractivity contribution in [3.63, 3.8) is 0 Å². The summed E-state index contributed by atoms with van der Waals surface area (Å²) >= 11 is 0. The van der Waals surface area contributed by atoms with Gasteiger partial charge in [0.1, 0.15) is 5.83 Å². The summed E-state index contributed by atoms with van der Waals surface area (Å²) in [7, 11) is 0. The molecule has 1 nitrogen and oxygen atoms in total. The predicted molar refractivity (Wildman–Crippen MR) is 91.8 cm³/mol. The summed E-state index contributed by atoms with van der Waals surface area (Å²) in [4.78, 5) is 0. The number of rotatable bonds is 7. The molecular formula is C20H30FN. The molecule has 0 heterocycles. The van der Waals surface area contributed by atoms with Gasteiger partial charge in [-0.25, -0.2) is 4.39 Å². The van der Waals surface area contributed by atoms with Gasteiger partial charge in [0, 0.05) is 0 Å². The van der Waals surface area contributed by atoms with E-state index in [1.165, 1.54) is 19.3 Å². The molecule has 0 saturated carbocycles. The van der Waals surface area contributed by atoms with E-state index in [4.69, 9.17) is 5.26 Å². The fraction of sp³-hybridized carbons (Fsp3) is 0.650. The number of hydrogen-bond donors (Lipinski definition) is 0. The summed E-state index contributed by atoms with van der Waals surface area (Å²) in [5.74, 6) is 0.736. The molecule has 1 rings (SSSR count). The van der Waals surface area contributed by atoms with Crippen LogP contribution in [0.5, 0.6) is 0 Å². The highest BCUT2D eigenvalue weighted by atomic mass is 19.1. The van der Waals surface area contributed by atoms with Crippen molar-refractivity contribution >= 4 is 0 Å². The Labute approximate surface area is 135 Å². The van der Waals surface area contributed by atoms with E-state index in [0.29, 0.717) is 5.92 Å². The number of allylic oxidation sites excluding steroid dienone is 6. The van der Waals surface area contributed by atoms with Crippen molar-refractivity contribution in [2.75, 3.05) is 0 Å². The first-order valence-corrected chi connectivity index (χ1v) is 8.71. The van der Waals surface area contributed by atoms with E-state index in [9.17, 15) is 4.39 Å². The molecule has 0 N–H and O–H groups in total. The summed E-state index contributed by atoms with van der Waals surface area (Å²) in [6.45, 7) is 8.59. The zero-order chi connectivity index (χ0) is 16.5. The maximum Gasteiger partial charge on any atom is 0.137 e. The van der Waals surface area contributed by atoms with Crippen LogP contribution in [0.1, 0.15) is 66.2 Å². The standard InChI is InChI=1S/C20H30FN/c1-5-8-15(3)11-12-17(6-2)18-10-7-9-16(4)19(14-22)20(21)13-18/h7,10,13,15-17H,5-6,8-9,11-12H2,1-4H3/b10-7?,18-13?,20-19+/t15-,16?,17-/m0/s1. The topological polar surface area (TPSA) is 23.8 Å². The van der Waals surface area contributed by atoms with Gasteiger partial charge >= 0.3 is 0 Å². The molecule has 0 saturated heterocycles. The van der Waals surface area contributed by atoms with E-state index < -0.39 is 0 Å². The lowest BCUT2D eigenvalue weighted by atomic mass is 9.85. The number of nitriles is 1. The molecule has 122 valence electrons. The minimum Gasteiger partial charge on any atom is -0.206 e. The predicted octanol–water partition coefficient (Wildman–Crippen LogP) is 6.50. The Balaban J connectivity index is 2.90. The van der Waals surface area contributed by atoms with Gasteiger partial charge in [-0.1, -0.05) is 59.1 Å². The Bertz CT molecular complexity index is 478. The van der Waals surface area contributed by atoms with Crippen LogP contribution in [0, 0.1) is 29.1 Å². The average Bonchev–Trinajstić information content (AvgIpc) is 2.47. The maximum absolute atomic E-state index is 14.4. The highest BCUT2D eigenvalue weighted by Gasteiger charge is 2.18. The second-order valence-electron chi connectivity index (χ2n) is 6.63. The quantitative estimate of drug-likeness (QED) is 0.526. The monoisotopic (exact) mass is 303 g/mol. The van der Waals surface area contributed by atoms with Gasteiger partial charge in [-0.2, -0.15) is 5.26 Å². The normalized spacial score (nSPS) is 24.9. The third-order valence-corrected chi connectivity index (χ3v) is 4.72. The number of halogens is 1. The van der Waals surface area contributed by atoms with Crippen LogP contribution < -0.4 is 0 Å². The van der Waals surface area contributed by atoms with Crippen LogP contribution in [0.25, 0.3) is 0 Å². The second-order valence-corrected chi connectivity index (χ2v) is 6.63. The van der Waals surface area contributed by atoms with Crippen LogP contribution in [-0.2, 0) is 0 Å². The van der Waals surface area contributed by atoms with Crippen molar-refractivity contribution < 1.29 is 4.39 Å². The van der Waals surface area contributed by atoms with E-state index in [1.807, 2.05) is 13.0 Å². The molecule has 0 fully saturated rings. The zero-order valence-corrected chi connectivity index (χ0v) is 14.5. The first kappa shape index (κ1) is 18.7. The van der Waals surface area contributed by atoms with Crippen molar-refractivity contribution in [2.45, 2.75) is 66.2 Å². The molecule has 0 aromatic heterocycles. The molecule has 0 aliphatic heterocycles. The molecule has 0 radical (unpaired) electrons. The average molecular weight is 303 g/mol. The largest absolute Gasteiger partial charge is 0.206 e. The van der Waals surface area contributed by atoms with E-state index in [2.05, 4.69) is 32.9 Å². The van der Waals surface area contributed by atoms with Gasteiger partial charge in [0.25, 0.3) is 0 Å². The highest BCUT2D eigenvalue weighted by molar-refractivity contribution is 5.39. The molecule has 2 heteroatoms. The first-order chi connectivity index (χ1) is 10.5. The Morgan fingerprint density at radius 3 is 2.64 bits per heavy atom. The second kappa shape index (κ2) is 9.62. The van der Waals surface area contributed by atoms with Gasteiger partial charge in [0.05, 0.1) is 11.6 Å². The van der Waals surface area contributed by atoms with Crippen molar-refractivity contribution in [1.82, 2.24) is 0 Å². The van der Waals surface area contributed by atoms with E-state index >= 15 is 0 Å². The summed E-state index contributed by atoms with van der Waals surface area (Å²) in [6.07, 6.45) is 12.3. The highest BCUT2D eigenvalue weighted by Crippen LogP contribution is 2.30. The molecule has 3 atom stereocenters. The van der Waals surface area contributed by atoms with Gasteiger partial charge in [-0.3, -0.25) is 0 Å². The Morgan fingerprint density at radius 1 is 1.32 bits per heavy atom. The minimum atomic E-state index is -0.339. The fourth-order valence-electron chi connectivity index (χ4n) is 3.18. The van der Waals surface area contributed by atoms with Gasteiger partial charge in [-0.15, -0.1) is 0 Å².